The highest BCUT2D eigenvalue weighted by molar-refractivity contribution is 6.31. The zero-order chi connectivity index (χ0) is 28.1. The summed E-state index contributed by atoms with van der Waals surface area (Å²) in [4.78, 5) is 26.1. The molecule has 1 aliphatic rings. The molecule has 0 unspecified atom stereocenters. The molecule has 0 saturated heterocycles. The number of nitrogens with zero attached hydrogens (tertiary/aromatic N) is 2. The summed E-state index contributed by atoms with van der Waals surface area (Å²) >= 11 is 6.29. The molecule has 1 aliphatic heterocycles. The van der Waals surface area contributed by atoms with E-state index in [1.54, 1.807) is 19.3 Å². The van der Waals surface area contributed by atoms with Crippen LogP contribution in [0.25, 0.3) is 0 Å². The summed E-state index contributed by atoms with van der Waals surface area (Å²) in [5.41, 5.74) is -1.17. The Morgan fingerprint density at radius 2 is 1.82 bits per heavy atom. The van der Waals surface area contributed by atoms with Gasteiger partial charge in [0, 0.05) is 58.0 Å². The van der Waals surface area contributed by atoms with Crippen LogP contribution in [0, 0.1) is 11.6 Å². The summed E-state index contributed by atoms with van der Waals surface area (Å²) in [5.74, 6) is -3.12. The number of carbonyl (C=O) groups excluding carboxylic acids is 2. The molecule has 0 bridgehead atoms. The number of carbonyl (C=O) groups is 2. The van der Waals surface area contributed by atoms with Gasteiger partial charge in [-0.1, -0.05) is 11.6 Å². The van der Waals surface area contributed by atoms with Crippen LogP contribution < -0.4 is 16.0 Å². The second-order valence-corrected chi connectivity index (χ2v) is 9.14. The van der Waals surface area contributed by atoms with Gasteiger partial charge in [0.15, 0.2) is 5.82 Å². The van der Waals surface area contributed by atoms with Gasteiger partial charge in [0.2, 0.25) is 0 Å². The van der Waals surface area contributed by atoms with Gasteiger partial charge >= 0.3 is 6.18 Å². The van der Waals surface area contributed by atoms with E-state index >= 15 is 0 Å². The first-order valence-electron chi connectivity index (χ1n) is 11.3. The van der Waals surface area contributed by atoms with Gasteiger partial charge in [-0.05, 0) is 48.5 Å². The average molecular weight is 562 g/mol. The standard InChI is InChI=1S/C26H17ClF5N5O2/c1-37-5-4-21(36-37)33-16-10-18-22(23(35-25(18)39)17-9-14(28)2-3-19(17)27)20(11-16)34-24(38)12-6-13(26(30,31)32)8-15(29)7-12/h2-11,23H,1H3,(H,33,36)(H,34,38)(H,35,39)/t23-/m1/s1. The van der Waals surface area contributed by atoms with E-state index in [4.69, 9.17) is 11.6 Å². The molecule has 3 N–H and O–H groups in total. The summed E-state index contributed by atoms with van der Waals surface area (Å²) in [6.45, 7) is 0. The van der Waals surface area contributed by atoms with Crippen molar-refractivity contribution in [2.75, 3.05) is 10.6 Å². The number of halogens is 6. The van der Waals surface area contributed by atoms with E-state index in [2.05, 4.69) is 21.0 Å². The molecule has 13 heteroatoms. The van der Waals surface area contributed by atoms with Crippen LogP contribution in [0.3, 0.4) is 0 Å². The minimum Gasteiger partial charge on any atom is -0.341 e. The SMILES string of the molecule is Cn1ccc(Nc2cc(NC(=O)c3cc(F)cc(C(F)(F)F)c3)c3c(c2)C(=O)N[C@@H]3c2cc(F)ccc2Cl)n1. The van der Waals surface area contributed by atoms with Crippen molar-refractivity contribution in [1.29, 1.82) is 0 Å². The normalized spacial score (nSPS) is 14.6. The third kappa shape index (κ3) is 5.28. The number of amides is 2. The van der Waals surface area contributed by atoms with Crippen molar-refractivity contribution < 1.29 is 31.5 Å². The summed E-state index contributed by atoms with van der Waals surface area (Å²) in [5, 5.41) is 12.5. The number of aromatic nitrogens is 2. The van der Waals surface area contributed by atoms with Crippen molar-refractivity contribution in [2.24, 2.45) is 7.05 Å². The second-order valence-electron chi connectivity index (χ2n) is 8.74. The predicted molar refractivity (Wildman–Crippen MR) is 133 cm³/mol. The topological polar surface area (TPSA) is 88.0 Å². The van der Waals surface area contributed by atoms with E-state index in [0.29, 0.717) is 23.6 Å². The number of fused-ring (bicyclic) bond motifs is 1. The molecule has 0 radical (unpaired) electrons. The minimum atomic E-state index is -4.89. The minimum absolute atomic E-state index is 0.00238. The Hall–Kier alpha value is -4.45. The first-order valence-corrected chi connectivity index (χ1v) is 11.7. The molecule has 4 aromatic rings. The lowest BCUT2D eigenvalue weighted by molar-refractivity contribution is -0.137. The number of aryl methyl sites for hydroxylation is 1. The Bertz CT molecular complexity index is 1640. The Kier molecular flexibility index (Phi) is 6.51. The molecule has 1 aromatic heterocycles. The lowest BCUT2D eigenvalue weighted by Gasteiger charge is -2.19. The monoisotopic (exact) mass is 561 g/mol. The van der Waals surface area contributed by atoms with E-state index in [9.17, 15) is 31.5 Å². The zero-order valence-electron chi connectivity index (χ0n) is 19.8. The number of benzene rings is 3. The maximum absolute atomic E-state index is 14.1. The number of alkyl halides is 3. The van der Waals surface area contributed by atoms with Crippen molar-refractivity contribution in [1.82, 2.24) is 15.1 Å². The third-order valence-corrected chi connectivity index (χ3v) is 6.32. The predicted octanol–water partition coefficient (Wildman–Crippen LogP) is 6.20. The molecule has 200 valence electrons. The van der Waals surface area contributed by atoms with Crippen LogP contribution in [0.5, 0.6) is 0 Å². The zero-order valence-corrected chi connectivity index (χ0v) is 20.6. The van der Waals surface area contributed by atoms with Crippen LogP contribution in [0.1, 0.15) is 43.4 Å². The number of nitrogens with one attached hydrogen (secondary N) is 3. The first-order chi connectivity index (χ1) is 18.4. The van der Waals surface area contributed by atoms with Gasteiger partial charge in [-0.3, -0.25) is 14.3 Å². The fraction of sp³-hybridized carbons (Fsp3) is 0.115. The third-order valence-electron chi connectivity index (χ3n) is 5.98. The van der Waals surface area contributed by atoms with Gasteiger partial charge in [0.1, 0.15) is 11.6 Å². The maximum atomic E-state index is 14.1. The Labute approximate surface area is 222 Å². The van der Waals surface area contributed by atoms with E-state index in [1.165, 1.54) is 22.9 Å². The lowest BCUT2D eigenvalue weighted by Crippen LogP contribution is -2.21. The molecule has 7 nitrogen and oxygen atoms in total. The Morgan fingerprint density at radius 1 is 1.05 bits per heavy atom. The fourth-order valence-corrected chi connectivity index (χ4v) is 4.51. The summed E-state index contributed by atoms with van der Waals surface area (Å²) in [6, 6.07) is 8.55. The van der Waals surface area contributed by atoms with Crippen molar-refractivity contribution in [3.8, 4) is 0 Å². The molecule has 3 aromatic carbocycles. The molecule has 0 spiro atoms. The van der Waals surface area contributed by atoms with E-state index in [1.807, 2.05) is 0 Å². The first kappa shape index (κ1) is 26.2. The van der Waals surface area contributed by atoms with Crippen LogP contribution >= 0.6 is 11.6 Å². The van der Waals surface area contributed by atoms with Crippen LogP contribution in [0.2, 0.25) is 5.02 Å². The Balaban J connectivity index is 1.62. The number of anilines is 3. The molecular formula is C26H17ClF5N5O2. The second kappa shape index (κ2) is 9.70. The average Bonchev–Trinajstić information content (AvgIpc) is 3.42. The number of hydrogen-bond donors (Lipinski definition) is 3. The van der Waals surface area contributed by atoms with Gasteiger partial charge in [-0.2, -0.15) is 18.3 Å². The van der Waals surface area contributed by atoms with Crippen LogP contribution in [0.15, 0.2) is 60.8 Å². The van der Waals surface area contributed by atoms with Gasteiger partial charge in [0.25, 0.3) is 11.8 Å². The van der Waals surface area contributed by atoms with Crippen molar-refractivity contribution in [3.63, 3.8) is 0 Å². The number of rotatable bonds is 5. The molecule has 5 rings (SSSR count). The molecule has 0 saturated carbocycles. The highest BCUT2D eigenvalue weighted by Gasteiger charge is 2.36. The van der Waals surface area contributed by atoms with E-state index in [-0.39, 0.29) is 33.5 Å². The van der Waals surface area contributed by atoms with E-state index < -0.39 is 46.8 Å². The molecule has 0 aliphatic carbocycles. The van der Waals surface area contributed by atoms with Gasteiger partial charge < -0.3 is 16.0 Å². The summed E-state index contributed by atoms with van der Waals surface area (Å²) in [7, 11) is 1.69. The van der Waals surface area contributed by atoms with Crippen LogP contribution in [0.4, 0.5) is 39.1 Å². The Morgan fingerprint density at radius 3 is 2.51 bits per heavy atom. The van der Waals surface area contributed by atoms with E-state index in [0.717, 1.165) is 12.1 Å². The molecule has 0 fully saturated rings. The van der Waals surface area contributed by atoms with Crippen molar-refractivity contribution in [2.45, 2.75) is 12.2 Å². The highest BCUT2D eigenvalue weighted by Crippen LogP contribution is 2.41. The quantitative estimate of drug-likeness (QED) is 0.253. The molecule has 2 amide bonds. The van der Waals surface area contributed by atoms with Gasteiger partial charge in [0.05, 0.1) is 11.6 Å². The number of hydrogen-bond acceptors (Lipinski definition) is 4. The van der Waals surface area contributed by atoms with Crippen LogP contribution in [-0.4, -0.2) is 21.6 Å². The smallest absolute Gasteiger partial charge is 0.341 e. The maximum Gasteiger partial charge on any atom is 0.416 e. The molecular weight excluding hydrogens is 545 g/mol. The molecule has 39 heavy (non-hydrogen) atoms. The lowest BCUT2D eigenvalue weighted by atomic mass is 9.95. The summed E-state index contributed by atoms with van der Waals surface area (Å²) in [6.07, 6.45) is -3.23. The fourth-order valence-electron chi connectivity index (χ4n) is 4.29. The van der Waals surface area contributed by atoms with Gasteiger partial charge in [-0.15, -0.1) is 0 Å². The summed E-state index contributed by atoms with van der Waals surface area (Å²) < 4.78 is 69.3. The highest BCUT2D eigenvalue weighted by atomic mass is 35.5. The van der Waals surface area contributed by atoms with Crippen LogP contribution in [-0.2, 0) is 13.2 Å². The molecule has 2 heterocycles. The van der Waals surface area contributed by atoms with Gasteiger partial charge in [-0.25, -0.2) is 8.78 Å². The van der Waals surface area contributed by atoms with Crippen molar-refractivity contribution in [3.05, 3.63) is 105 Å². The molecule has 1 atom stereocenters. The van der Waals surface area contributed by atoms with Crippen molar-refractivity contribution >= 4 is 40.6 Å². The largest absolute Gasteiger partial charge is 0.416 e.